The molecule has 4 atom stereocenters. The van der Waals surface area contributed by atoms with Crippen molar-refractivity contribution in [3.05, 3.63) is 83.7 Å². The maximum absolute atomic E-state index is 13.5. The number of benzene rings is 2. The van der Waals surface area contributed by atoms with Crippen molar-refractivity contribution in [1.82, 2.24) is 45.3 Å². The zero-order valence-corrected chi connectivity index (χ0v) is 33.9. The van der Waals surface area contributed by atoms with Crippen molar-refractivity contribution in [2.24, 2.45) is 5.92 Å². The Labute approximate surface area is 342 Å². The Balaban J connectivity index is 1.09. The molecule has 2 aromatic carbocycles. The molecule has 2 saturated heterocycles. The van der Waals surface area contributed by atoms with E-state index in [2.05, 4.69) is 42.2 Å². The van der Waals surface area contributed by atoms with Crippen LogP contribution in [0.1, 0.15) is 68.5 Å². The third-order valence-electron chi connectivity index (χ3n) is 10.5. The Morgan fingerprint density at radius 2 is 1.41 bits per heavy atom. The number of carbonyl (C=O) groups excluding carboxylic acids is 5. The van der Waals surface area contributed by atoms with Crippen LogP contribution in [0.4, 0.5) is 14.4 Å². The molecule has 0 saturated carbocycles. The van der Waals surface area contributed by atoms with Gasteiger partial charge in [-0.2, -0.15) is 0 Å². The first kappa shape index (κ1) is 41.8. The molecule has 0 bridgehead atoms. The normalized spacial score (nSPS) is 17.4. The highest BCUT2D eigenvalue weighted by atomic mass is 16.5. The fraction of sp³-hybridized carbons (Fsp3) is 0.405. The number of aromatic nitrogens is 4. The quantitative estimate of drug-likeness (QED) is 0.137. The molecule has 2 aliphatic heterocycles. The van der Waals surface area contributed by atoms with Crippen molar-refractivity contribution >= 4 is 30.1 Å². The maximum Gasteiger partial charge on any atom is 0.410 e. The van der Waals surface area contributed by atoms with Crippen molar-refractivity contribution in [2.75, 3.05) is 47.5 Å². The first-order valence-corrected chi connectivity index (χ1v) is 19.4. The number of rotatable bonds is 9. The number of nitrogens with one attached hydrogen (secondary N) is 4. The minimum Gasteiger partial charge on any atom is -0.453 e. The third kappa shape index (κ3) is 9.66. The summed E-state index contributed by atoms with van der Waals surface area (Å²) in [5.74, 6) is 7.01. The summed E-state index contributed by atoms with van der Waals surface area (Å²) in [6, 6.07) is 13.1. The molecule has 5 amide bonds. The molecular weight excluding hydrogens is 759 g/mol. The average Bonchev–Trinajstić information content (AvgIpc) is 4.06. The van der Waals surface area contributed by atoms with E-state index in [1.165, 1.54) is 26.2 Å². The third-order valence-corrected chi connectivity index (χ3v) is 10.5. The minimum absolute atomic E-state index is 0.119. The fourth-order valence-electron chi connectivity index (χ4n) is 7.23. The number of hydrogen-bond acceptors (Lipinski definition) is 10. The Kier molecular flexibility index (Phi) is 13.2. The van der Waals surface area contributed by atoms with Crippen molar-refractivity contribution in [3.8, 4) is 34.4 Å². The Bertz CT molecular complexity index is 2210. The van der Waals surface area contributed by atoms with E-state index >= 15 is 0 Å². The molecular formula is C42H49N9O8. The van der Waals surface area contributed by atoms with Gasteiger partial charge in [0.15, 0.2) is 0 Å². The number of H-pyrrole nitrogens is 2. The summed E-state index contributed by atoms with van der Waals surface area (Å²) in [5.41, 5.74) is 4.84. The van der Waals surface area contributed by atoms with Crippen LogP contribution in [0.5, 0.6) is 0 Å². The van der Waals surface area contributed by atoms with Gasteiger partial charge in [0.1, 0.15) is 29.8 Å². The standard InChI is InChI=1S/C42H49N9O8/c1-25(2)35(48-41(55)58-5)39(53)50-19-7-8-33(50)36-43-22-31(46-36)29-15-11-27(12-16-29)9-10-28-13-17-30(18-14-28)32-23-44-37(47-32)34-24-49(20-21-51(34)42(56)59-6)38(52)26(3)45-40(54)57-4/h11-18,22-23,25-26,33-35H,7-8,19-21,24H2,1-6H3,(H,43,46)(H,44,47)(H,45,54)(H,48,55). The smallest absolute Gasteiger partial charge is 0.410 e. The number of piperazine rings is 1. The van der Waals surface area contributed by atoms with Crippen LogP contribution < -0.4 is 10.6 Å². The largest absolute Gasteiger partial charge is 0.453 e. The molecule has 4 aromatic rings. The lowest BCUT2D eigenvalue weighted by Crippen LogP contribution is -2.56. The molecule has 2 aromatic heterocycles. The summed E-state index contributed by atoms with van der Waals surface area (Å²) in [7, 11) is 3.81. The highest BCUT2D eigenvalue weighted by Gasteiger charge is 2.39. The number of amides is 5. The monoisotopic (exact) mass is 807 g/mol. The Hall–Kier alpha value is -6.83. The van der Waals surface area contributed by atoms with Gasteiger partial charge >= 0.3 is 18.3 Å². The second kappa shape index (κ2) is 18.6. The van der Waals surface area contributed by atoms with Crippen molar-refractivity contribution in [1.29, 1.82) is 0 Å². The van der Waals surface area contributed by atoms with Crippen LogP contribution in [-0.2, 0) is 23.8 Å². The van der Waals surface area contributed by atoms with Crippen LogP contribution in [0.25, 0.3) is 22.5 Å². The number of nitrogens with zero attached hydrogens (tertiary/aromatic N) is 5. The zero-order valence-electron chi connectivity index (χ0n) is 33.9. The van der Waals surface area contributed by atoms with Gasteiger partial charge < -0.3 is 44.6 Å². The van der Waals surface area contributed by atoms with E-state index in [9.17, 15) is 24.0 Å². The number of hydrogen-bond donors (Lipinski definition) is 4. The first-order chi connectivity index (χ1) is 28.4. The Morgan fingerprint density at radius 3 is 2.03 bits per heavy atom. The number of aromatic amines is 2. The maximum atomic E-state index is 13.5. The van der Waals surface area contributed by atoms with E-state index in [1.54, 1.807) is 29.1 Å². The highest BCUT2D eigenvalue weighted by Crippen LogP contribution is 2.33. The van der Waals surface area contributed by atoms with E-state index in [0.29, 0.717) is 23.9 Å². The van der Waals surface area contributed by atoms with E-state index in [-0.39, 0.29) is 43.4 Å². The second-order valence-electron chi connectivity index (χ2n) is 14.6. The number of likely N-dealkylation sites (tertiary alicyclic amines) is 1. The van der Waals surface area contributed by atoms with Gasteiger partial charge in [-0.15, -0.1) is 0 Å². The molecule has 0 spiro atoms. The molecule has 4 unspecified atom stereocenters. The molecule has 4 heterocycles. The summed E-state index contributed by atoms with van der Waals surface area (Å²) >= 11 is 0. The predicted molar refractivity (Wildman–Crippen MR) is 215 cm³/mol. The van der Waals surface area contributed by atoms with Crippen LogP contribution in [0.15, 0.2) is 60.9 Å². The number of methoxy groups -OCH3 is 3. The molecule has 59 heavy (non-hydrogen) atoms. The van der Waals surface area contributed by atoms with Crippen molar-refractivity contribution < 1.29 is 38.2 Å². The van der Waals surface area contributed by atoms with Crippen LogP contribution in [0.2, 0.25) is 0 Å². The topological polar surface area (TPSA) is 204 Å². The molecule has 6 rings (SSSR count). The van der Waals surface area contributed by atoms with Crippen molar-refractivity contribution in [3.63, 3.8) is 0 Å². The predicted octanol–water partition coefficient (Wildman–Crippen LogP) is 4.61. The molecule has 310 valence electrons. The number of alkyl carbamates (subject to hydrolysis) is 2. The SMILES string of the molecule is COC(=O)NC(C)C(=O)N1CCN(C(=O)OC)C(c2nc(-c3ccc(C#Cc4ccc(-c5cnc(C6CCCN6C(=O)C(NC(=O)OC)C(C)C)[nH]5)cc4)cc3)c[nH]2)C1. The first-order valence-electron chi connectivity index (χ1n) is 19.4. The lowest BCUT2D eigenvalue weighted by Gasteiger charge is -2.40. The average molecular weight is 808 g/mol. The lowest BCUT2D eigenvalue weighted by atomic mass is 10.0. The summed E-state index contributed by atoms with van der Waals surface area (Å²) < 4.78 is 14.4. The molecule has 17 heteroatoms. The van der Waals surface area contributed by atoms with Gasteiger partial charge in [-0.05, 0) is 55.5 Å². The molecule has 2 fully saturated rings. The summed E-state index contributed by atoms with van der Waals surface area (Å²) in [6.45, 7) is 6.54. The number of imidazole rings is 2. The van der Waals surface area contributed by atoms with Gasteiger partial charge in [-0.1, -0.05) is 50.0 Å². The molecule has 0 radical (unpaired) electrons. The van der Waals surface area contributed by atoms with E-state index in [1.807, 2.05) is 62.4 Å². The second-order valence-corrected chi connectivity index (χ2v) is 14.6. The summed E-state index contributed by atoms with van der Waals surface area (Å²) in [4.78, 5) is 83.8. The van der Waals surface area contributed by atoms with Gasteiger partial charge in [0, 0.05) is 49.1 Å². The van der Waals surface area contributed by atoms with Crippen LogP contribution in [0.3, 0.4) is 0 Å². The van der Waals surface area contributed by atoms with Gasteiger partial charge in [-0.3, -0.25) is 14.5 Å². The van der Waals surface area contributed by atoms with E-state index < -0.39 is 36.4 Å². The van der Waals surface area contributed by atoms with E-state index in [0.717, 1.165) is 40.8 Å². The molecule has 4 N–H and O–H groups in total. The zero-order chi connectivity index (χ0) is 42.2. The van der Waals surface area contributed by atoms with Crippen molar-refractivity contribution in [2.45, 2.75) is 57.8 Å². The van der Waals surface area contributed by atoms with Gasteiger partial charge in [0.2, 0.25) is 11.8 Å². The lowest BCUT2D eigenvalue weighted by molar-refractivity contribution is -0.136. The van der Waals surface area contributed by atoms with Gasteiger partial charge in [0.25, 0.3) is 0 Å². The Morgan fingerprint density at radius 1 is 0.763 bits per heavy atom. The summed E-state index contributed by atoms with van der Waals surface area (Å²) in [6.07, 6.45) is 3.21. The van der Waals surface area contributed by atoms with Crippen LogP contribution >= 0.6 is 0 Å². The highest BCUT2D eigenvalue weighted by molar-refractivity contribution is 5.87. The summed E-state index contributed by atoms with van der Waals surface area (Å²) in [5, 5.41) is 5.17. The van der Waals surface area contributed by atoms with Gasteiger partial charge in [0.05, 0.1) is 45.0 Å². The molecule has 0 aliphatic carbocycles. The van der Waals surface area contributed by atoms with Crippen LogP contribution in [-0.4, -0.2) is 124 Å². The van der Waals surface area contributed by atoms with E-state index in [4.69, 9.17) is 14.5 Å². The number of carbonyl (C=O) groups is 5. The molecule has 17 nitrogen and oxygen atoms in total. The van der Waals surface area contributed by atoms with Crippen LogP contribution in [0, 0.1) is 17.8 Å². The minimum atomic E-state index is -0.824. The number of ether oxygens (including phenoxy) is 3. The van der Waals surface area contributed by atoms with Gasteiger partial charge in [-0.25, -0.2) is 24.4 Å². The molecule has 2 aliphatic rings. The fourth-order valence-corrected chi connectivity index (χ4v) is 7.23.